The van der Waals surface area contributed by atoms with Gasteiger partial charge < -0.3 is 10.6 Å². The molecule has 0 heterocycles. The Hall–Kier alpha value is -1.56. The van der Waals surface area contributed by atoms with Crippen LogP contribution in [0, 0.1) is 5.92 Å². The van der Waals surface area contributed by atoms with Gasteiger partial charge in [-0.25, -0.2) is 8.42 Å². The van der Waals surface area contributed by atoms with E-state index >= 15 is 0 Å². The molecule has 0 aromatic heterocycles. The fourth-order valence-electron chi connectivity index (χ4n) is 1.92. The van der Waals surface area contributed by atoms with Gasteiger partial charge in [0.1, 0.15) is 0 Å². The third-order valence-corrected chi connectivity index (χ3v) is 4.74. The third kappa shape index (κ3) is 8.02. The van der Waals surface area contributed by atoms with E-state index in [-0.39, 0.29) is 11.5 Å². The Morgan fingerprint density at radius 2 is 1.86 bits per heavy atom. The second-order valence-corrected chi connectivity index (χ2v) is 7.89. The highest BCUT2D eigenvalue weighted by atomic mass is 32.2. The molecule has 0 amide bonds. The number of nitrogens with one attached hydrogen (secondary N) is 2. The molecular weight excluding hydrogens is 298 g/mol. The first kappa shape index (κ1) is 18.5. The van der Waals surface area contributed by atoms with Gasteiger partial charge in [0, 0.05) is 20.1 Å². The standard InChI is InChI=1S/C16H27N3O2S/c1-14(2)12-19-16(17-3)18-10-7-11-22(20,21)13-15-8-5-4-6-9-15/h4-6,8-9,14H,7,10-13H2,1-3H3,(H2,17,18,19). The summed E-state index contributed by atoms with van der Waals surface area (Å²) in [6, 6.07) is 9.28. The van der Waals surface area contributed by atoms with Crippen LogP contribution in [0.1, 0.15) is 25.8 Å². The van der Waals surface area contributed by atoms with E-state index < -0.39 is 9.84 Å². The molecule has 0 saturated heterocycles. The van der Waals surface area contributed by atoms with Crippen molar-refractivity contribution in [3.8, 4) is 0 Å². The van der Waals surface area contributed by atoms with Crippen molar-refractivity contribution < 1.29 is 8.42 Å². The summed E-state index contributed by atoms with van der Waals surface area (Å²) in [4.78, 5) is 4.11. The monoisotopic (exact) mass is 325 g/mol. The van der Waals surface area contributed by atoms with Crippen molar-refractivity contribution in [1.29, 1.82) is 0 Å². The van der Waals surface area contributed by atoms with Crippen molar-refractivity contribution in [2.24, 2.45) is 10.9 Å². The minimum atomic E-state index is -3.07. The topological polar surface area (TPSA) is 70.6 Å². The molecule has 22 heavy (non-hydrogen) atoms. The summed E-state index contributed by atoms with van der Waals surface area (Å²) in [5.74, 6) is 1.53. The van der Waals surface area contributed by atoms with Gasteiger partial charge in [0.2, 0.25) is 0 Å². The lowest BCUT2D eigenvalue weighted by molar-refractivity contribution is 0.590. The maximum atomic E-state index is 12.1. The van der Waals surface area contributed by atoms with Crippen molar-refractivity contribution >= 4 is 15.8 Å². The molecule has 6 heteroatoms. The van der Waals surface area contributed by atoms with Gasteiger partial charge in [0.15, 0.2) is 15.8 Å². The molecule has 0 spiro atoms. The molecule has 1 rings (SSSR count). The Kier molecular flexibility index (Phi) is 7.95. The van der Waals surface area contributed by atoms with Crippen LogP contribution in [0.15, 0.2) is 35.3 Å². The highest BCUT2D eigenvalue weighted by Crippen LogP contribution is 2.06. The SMILES string of the molecule is CN=C(NCCCS(=O)(=O)Cc1ccccc1)NCC(C)C. The minimum absolute atomic E-state index is 0.105. The lowest BCUT2D eigenvalue weighted by atomic mass is 10.2. The van der Waals surface area contributed by atoms with Gasteiger partial charge in [0.05, 0.1) is 11.5 Å². The van der Waals surface area contributed by atoms with Crippen LogP contribution < -0.4 is 10.6 Å². The number of rotatable bonds is 8. The van der Waals surface area contributed by atoms with E-state index in [1.807, 2.05) is 30.3 Å². The molecule has 0 aliphatic carbocycles. The van der Waals surface area contributed by atoms with Crippen LogP contribution in [0.3, 0.4) is 0 Å². The van der Waals surface area contributed by atoms with Crippen molar-refractivity contribution in [2.75, 3.05) is 25.9 Å². The normalized spacial score (nSPS) is 12.5. The zero-order chi connectivity index (χ0) is 16.4. The van der Waals surface area contributed by atoms with E-state index in [4.69, 9.17) is 0 Å². The first-order valence-electron chi connectivity index (χ1n) is 7.62. The molecule has 0 aliphatic rings. The van der Waals surface area contributed by atoms with Crippen LogP contribution in [-0.4, -0.2) is 40.3 Å². The fraction of sp³-hybridized carbons (Fsp3) is 0.562. The van der Waals surface area contributed by atoms with E-state index in [0.29, 0.717) is 24.8 Å². The first-order chi connectivity index (χ1) is 10.4. The summed E-state index contributed by atoms with van der Waals surface area (Å²) >= 11 is 0. The van der Waals surface area contributed by atoms with Gasteiger partial charge in [-0.05, 0) is 17.9 Å². The Balaban J connectivity index is 2.31. The zero-order valence-corrected chi connectivity index (χ0v) is 14.5. The first-order valence-corrected chi connectivity index (χ1v) is 9.44. The predicted molar refractivity (Wildman–Crippen MR) is 92.8 cm³/mol. The maximum absolute atomic E-state index is 12.1. The van der Waals surface area contributed by atoms with Crippen LogP contribution >= 0.6 is 0 Å². The summed E-state index contributed by atoms with van der Waals surface area (Å²) in [5, 5.41) is 6.33. The largest absolute Gasteiger partial charge is 0.356 e. The van der Waals surface area contributed by atoms with Crippen LogP contribution in [-0.2, 0) is 15.6 Å². The van der Waals surface area contributed by atoms with Crippen LogP contribution in [0.2, 0.25) is 0 Å². The molecule has 0 bridgehead atoms. The smallest absolute Gasteiger partial charge is 0.190 e. The van der Waals surface area contributed by atoms with Crippen molar-refractivity contribution in [3.63, 3.8) is 0 Å². The number of nitrogens with zero attached hydrogens (tertiary/aromatic N) is 1. The summed E-state index contributed by atoms with van der Waals surface area (Å²) in [6.45, 7) is 5.67. The average molecular weight is 325 g/mol. The zero-order valence-electron chi connectivity index (χ0n) is 13.7. The quantitative estimate of drug-likeness (QED) is 0.434. The Labute approximate surface area is 134 Å². The number of guanidine groups is 1. The summed E-state index contributed by atoms with van der Waals surface area (Å²) in [5.41, 5.74) is 0.838. The summed E-state index contributed by atoms with van der Waals surface area (Å²) in [7, 11) is -1.36. The molecule has 0 saturated carbocycles. The number of aliphatic imine (C=N–C) groups is 1. The third-order valence-electron chi connectivity index (χ3n) is 3.06. The number of benzene rings is 1. The van der Waals surface area contributed by atoms with Crippen LogP contribution in [0.4, 0.5) is 0 Å². The fourth-order valence-corrected chi connectivity index (χ4v) is 3.35. The van der Waals surface area contributed by atoms with Gasteiger partial charge in [-0.2, -0.15) is 0 Å². The van der Waals surface area contributed by atoms with E-state index in [1.165, 1.54) is 0 Å². The highest BCUT2D eigenvalue weighted by molar-refractivity contribution is 7.90. The van der Waals surface area contributed by atoms with Gasteiger partial charge >= 0.3 is 0 Å². The Morgan fingerprint density at radius 1 is 1.18 bits per heavy atom. The van der Waals surface area contributed by atoms with Crippen molar-refractivity contribution in [3.05, 3.63) is 35.9 Å². The second-order valence-electron chi connectivity index (χ2n) is 5.70. The Bertz CT molecular complexity index is 554. The predicted octanol–water partition coefficient (Wildman–Crippen LogP) is 1.81. The van der Waals surface area contributed by atoms with Gasteiger partial charge in [0.25, 0.3) is 0 Å². The average Bonchev–Trinajstić information content (AvgIpc) is 2.47. The molecule has 5 nitrogen and oxygen atoms in total. The number of hydrogen-bond acceptors (Lipinski definition) is 3. The van der Waals surface area contributed by atoms with Crippen molar-refractivity contribution in [1.82, 2.24) is 10.6 Å². The minimum Gasteiger partial charge on any atom is -0.356 e. The van der Waals surface area contributed by atoms with E-state index in [9.17, 15) is 8.42 Å². The molecule has 0 unspecified atom stereocenters. The highest BCUT2D eigenvalue weighted by Gasteiger charge is 2.11. The van der Waals surface area contributed by atoms with Crippen LogP contribution in [0.25, 0.3) is 0 Å². The molecule has 0 radical (unpaired) electrons. The molecule has 1 aromatic rings. The molecule has 0 atom stereocenters. The molecule has 0 fully saturated rings. The van der Waals surface area contributed by atoms with Gasteiger partial charge in [-0.1, -0.05) is 44.2 Å². The van der Waals surface area contributed by atoms with E-state index in [0.717, 1.165) is 12.1 Å². The number of sulfone groups is 1. The van der Waals surface area contributed by atoms with Crippen molar-refractivity contribution in [2.45, 2.75) is 26.0 Å². The molecule has 0 aliphatic heterocycles. The van der Waals surface area contributed by atoms with E-state index in [2.05, 4.69) is 29.5 Å². The van der Waals surface area contributed by atoms with Gasteiger partial charge in [-0.3, -0.25) is 4.99 Å². The molecule has 2 N–H and O–H groups in total. The summed E-state index contributed by atoms with van der Waals surface area (Å²) < 4.78 is 24.1. The molecule has 1 aromatic carbocycles. The number of hydrogen-bond donors (Lipinski definition) is 2. The molecule has 124 valence electrons. The second kappa shape index (κ2) is 9.46. The Morgan fingerprint density at radius 3 is 2.45 bits per heavy atom. The lowest BCUT2D eigenvalue weighted by Crippen LogP contribution is -2.39. The van der Waals surface area contributed by atoms with Crippen LogP contribution in [0.5, 0.6) is 0 Å². The molecular formula is C16H27N3O2S. The lowest BCUT2D eigenvalue weighted by Gasteiger charge is -2.13. The maximum Gasteiger partial charge on any atom is 0.190 e. The van der Waals surface area contributed by atoms with E-state index in [1.54, 1.807) is 7.05 Å². The van der Waals surface area contributed by atoms with Gasteiger partial charge in [-0.15, -0.1) is 0 Å². The summed E-state index contributed by atoms with van der Waals surface area (Å²) in [6.07, 6.45) is 0.567.